The Morgan fingerprint density at radius 1 is 1.44 bits per heavy atom. The first-order valence-electron chi connectivity index (χ1n) is 5.95. The molecule has 1 aliphatic rings. The van der Waals surface area contributed by atoms with Crippen molar-refractivity contribution in [2.75, 3.05) is 6.54 Å². The number of benzene rings is 1. The number of nitrogens with zero attached hydrogens (tertiary/aromatic N) is 1. The molecule has 2 rings (SSSR count). The molecular formula is C13H15FN2OS. The van der Waals surface area contributed by atoms with E-state index >= 15 is 0 Å². The number of thiocarbonyl (C=S) groups is 1. The quantitative estimate of drug-likeness (QED) is 0.834. The summed E-state index contributed by atoms with van der Waals surface area (Å²) in [6.45, 7) is 0.622. The largest absolute Gasteiger partial charge is 0.392 e. The zero-order valence-corrected chi connectivity index (χ0v) is 10.8. The van der Waals surface area contributed by atoms with Crippen molar-refractivity contribution < 1.29 is 9.18 Å². The van der Waals surface area contributed by atoms with Gasteiger partial charge in [0, 0.05) is 12.1 Å². The van der Waals surface area contributed by atoms with Crippen molar-refractivity contribution in [3.8, 4) is 0 Å². The number of likely N-dealkylation sites (tertiary alicyclic amines) is 1. The first-order chi connectivity index (χ1) is 8.59. The Bertz CT molecular complexity index is 478. The second kappa shape index (κ2) is 5.44. The number of halogens is 1. The van der Waals surface area contributed by atoms with Crippen molar-refractivity contribution in [1.82, 2.24) is 4.90 Å². The molecule has 0 aromatic heterocycles. The average molecular weight is 266 g/mol. The summed E-state index contributed by atoms with van der Waals surface area (Å²) in [7, 11) is 0. The molecule has 5 heteroatoms. The summed E-state index contributed by atoms with van der Waals surface area (Å²) in [6.07, 6.45) is 2.73. The zero-order chi connectivity index (χ0) is 13.1. The average Bonchev–Trinajstić information content (AvgIpc) is 2.38. The maximum atomic E-state index is 13.1. The van der Waals surface area contributed by atoms with Gasteiger partial charge in [-0.05, 0) is 37.5 Å². The molecule has 1 aromatic rings. The predicted octanol–water partition coefficient (Wildman–Crippen LogP) is 2.11. The van der Waals surface area contributed by atoms with Crippen molar-refractivity contribution in [1.29, 1.82) is 0 Å². The third-order valence-corrected chi connectivity index (χ3v) is 3.44. The van der Waals surface area contributed by atoms with Crippen LogP contribution in [0.15, 0.2) is 24.3 Å². The molecule has 96 valence electrons. The Labute approximate surface area is 111 Å². The highest BCUT2D eigenvalue weighted by Crippen LogP contribution is 2.20. The molecule has 18 heavy (non-hydrogen) atoms. The van der Waals surface area contributed by atoms with E-state index in [1.165, 1.54) is 18.2 Å². The number of carbonyl (C=O) groups is 1. The Hall–Kier alpha value is -1.49. The number of hydrogen-bond donors (Lipinski definition) is 1. The smallest absolute Gasteiger partial charge is 0.254 e. The summed E-state index contributed by atoms with van der Waals surface area (Å²) >= 11 is 5.00. The molecule has 2 N–H and O–H groups in total. The first kappa shape index (κ1) is 13.0. The number of nitrogens with two attached hydrogens (primary N) is 1. The molecule has 0 aliphatic carbocycles. The van der Waals surface area contributed by atoms with E-state index in [4.69, 9.17) is 18.0 Å². The van der Waals surface area contributed by atoms with E-state index in [0.29, 0.717) is 17.1 Å². The van der Waals surface area contributed by atoms with Crippen molar-refractivity contribution in [2.24, 2.45) is 5.73 Å². The van der Waals surface area contributed by atoms with E-state index in [0.717, 1.165) is 19.3 Å². The minimum absolute atomic E-state index is 0.202. The Kier molecular flexibility index (Phi) is 3.91. The highest BCUT2D eigenvalue weighted by atomic mass is 32.1. The van der Waals surface area contributed by atoms with E-state index in [9.17, 15) is 9.18 Å². The molecule has 1 aromatic carbocycles. The molecule has 1 fully saturated rings. The number of carbonyl (C=O) groups excluding carboxylic acids is 1. The zero-order valence-electron chi connectivity index (χ0n) is 9.93. The lowest BCUT2D eigenvalue weighted by Gasteiger charge is -2.35. The normalized spacial score (nSPS) is 19.6. The summed E-state index contributed by atoms with van der Waals surface area (Å²) in [5.41, 5.74) is 6.01. The third kappa shape index (κ3) is 2.67. The van der Waals surface area contributed by atoms with E-state index < -0.39 is 5.82 Å². The van der Waals surface area contributed by atoms with Crippen LogP contribution < -0.4 is 5.73 Å². The van der Waals surface area contributed by atoms with Crippen molar-refractivity contribution in [2.45, 2.75) is 25.3 Å². The van der Waals surface area contributed by atoms with Crippen molar-refractivity contribution in [3.63, 3.8) is 0 Å². The summed E-state index contributed by atoms with van der Waals surface area (Å²) in [5, 5.41) is 0. The molecule has 1 heterocycles. The molecule has 0 radical (unpaired) electrons. The lowest BCUT2D eigenvalue weighted by molar-refractivity contribution is 0.0681. The molecule has 1 saturated heterocycles. The number of rotatable bonds is 2. The van der Waals surface area contributed by atoms with E-state index in [1.807, 2.05) is 0 Å². The molecule has 0 bridgehead atoms. The van der Waals surface area contributed by atoms with Gasteiger partial charge in [-0.1, -0.05) is 18.3 Å². The van der Waals surface area contributed by atoms with Crippen LogP contribution in [0.1, 0.15) is 29.6 Å². The predicted molar refractivity (Wildman–Crippen MR) is 71.9 cm³/mol. The van der Waals surface area contributed by atoms with Gasteiger partial charge in [0.1, 0.15) is 5.82 Å². The lowest BCUT2D eigenvalue weighted by Crippen LogP contribution is -2.49. The fraction of sp³-hybridized carbons (Fsp3) is 0.385. The minimum atomic E-state index is -0.412. The Morgan fingerprint density at radius 3 is 2.89 bits per heavy atom. The van der Waals surface area contributed by atoms with Crippen molar-refractivity contribution >= 4 is 23.1 Å². The number of amides is 1. The number of piperidine rings is 1. The van der Waals surface area contributed by atoms with Gasteiger partial charge in [-0.25, -0.2) is 4.39 Å². The van der Waals surface area contributed by atoms with Crippen LogP contribution >= 0.6 is 12.2 Å². The van der Waals surface area contributed by atoms with Gasteiger partial charge in [0.05, 0.1) is 11.0 Å². The topological polar surface area (TPSA) is 46.3 Å². The SMILES string of the molecule is NC(=S)C1CCCCN1C(=O)c1cccc(F)c1. The molecule has 1 amide bonds. The van der Waals surface area contributed by atoms with Gasteiger partial charge in [-0.3, -0.25) is 4.79 Å². The van der Waals surface area contributed by atoms with Gasteiger partial charge in [0.25, 0.3) is 5.91 Å². The Balaban J connectivity index is 2.23. The van der Waals surface area contributed by atoms with Crippen molar-refractivity contribution in [3.05, 3.63) is 35.6 Å². The minimum Gasteiger partial charge on any atom is -0.392 e. The molecule has 1 atom stereocenters. The number of hydrogen-bond acceptors (Lipinski definition) is 2. The lowest BCUT2D eigenvalue weighted by atomic mass is 10.0. The second-order valence-corrected chi connectivity index (χ2v) is 4.89. The van der Waals surface area contributed by atoms with Gasteiger partial charge in [-0.2, -0.15) is 0 Å². The van der Waals surface area contributed by atoms with Crippen LogP contribution in [-0.2, 0) is 0 Å². The van der Waals surface area contributed by atoms with E-state index in [2.05, 4.69) is 0 Å². The van der Waals surface area contributed by atoms with E-state index in [1.54, 1.807) is 11.0 Å². The summed E-state index contributed by atoms with van der Waals surface area (Å²) in [4.78, 5) is 14.3. The van der Waals surface area contributed by atoms with Crippen LogP contribution in [0.5, 0.6) is 0 Å². The first-order valence-corrected chi connectivity index (χ1v) is 6.36. The fourth-order valence-corrected chi connectivity index (χ4v) is 2.50. The molecule has 0 spiro atoms. The Morgan fingerprint density at radius 2 is 2.22 bits per heavy atom. The molecular weight excluding hydrogens is 251 g/mol. The highest BCUT2D eigenvalue weighted by molar-refractivity contribution is 7.80. The maximum Gasteiger partial charge on any atom is 0.254 e. The van der Waals surface area contributed by atoms with Crippen LogP contribution in [0.3, 0.4) is 0 Å². The van der Waals surface area contributed by atoms with Gasteiger partial charge in [0.15, 0.2) is 0 Å². The van der Waals surface area contributed by atoms with Gasteiger partial charge in [-0.15, -0.1) is 0 Å². The summed E-state index contributed by atoms with van der Waals surface area (Å²) in [6, 6.07) is 5.49. The molecule has 1 unspecified atom stereocenters. The molecule has 1 aliphatic heterocycles. The maximum absolute atomic E-state index is 13.1. The summed E-state index contributed by atoms with van der Waals surface area (Å²) in [5.74, 6) is -0.614. The van der Waals surface area contributed by atoms with Crippen LogP contribution in [0.2, 0.25) is 0 Å². The third-order valence-electron chi connectivity index (χ3n) is 3.16. The standard InChI is InChI=1S/C13H15FN2OS/c14-10-5-3-4-9(8-10)13(17)16-7-2-1-6-11(16)12(15)18/h3-5,8,11H,1-2,6-7H2,(H2,15,18). The fourth-order valence-electron chi connectivity index (χ4n) is 2.26. The molecule has 3 nitrogen and oxygen atoms in total. The summed E-state index contributed by atoms with van der Waals surface area (Å²) < 4.78 is 13.1. The van der Waals surface area contributed by atoms with Gasteiger partial charge < -0.3 is 10.6 Å². The van der Waals surface area contributed by atoms with Crippen LogP contribution in [-0.4, -0.2) is 28.4 Å². The monoisotopic (exact) mass is 266 g/mol. The second-order valence-electron chi connectivity index (χ2n) is 4.42. The van der Waals surface area contributed by atoms with E-state index in [-0.39, 0.29) is 11.9 Å². The van der Waals surface area contributed by atoms with Crippen LogP contribution in [0.4, 0.5) is 4.39 Å². The molecule has 0 saturated carbocycles. The highest BCUT2D eigenvalue weighted by Gasteiger charge is 2.29. The van der Waals surface area contributed by atoms with Gasteiger partial charge >= 0.3 is 0 Å². The van der Waals surface area contributed by atoms with Crippen LogP contribution in [0.25, 0.3) is 0 Å². The van der Waals surface area contributed by atoms with Gasteiger partial charge in [0.2, 0.25) is 0 Å². The van der Waals surface area contributed by atoms with Crippen LogP contribution in [0, 0.1) is 5.82 Å².